The summed E-state index contributed by atoms with van der Waals surface area (Å²) >= 11 is 0. The summed E-state index contributed by atoms with van der Waals surface area (Å²) in [6.07, 6.45) is 6.43. The fourth-order valence-corrected chi connectivity index (χ4v) is 4.83. The Bertz CT molecular complexity index is 1810. The summed E-state index contributed by atoms with van der Waals surface area (Å²) < 4.78 is 32.3. The average Bonchev–Trinajstić information content (AvgIpc) is 3.03. The van der Waals surface area contributed by atoms with Crippen LogP contribution < -0.4 is 20.2 Å². The summed E-state index contributed by atoms with van der Waals surface area (Å²) in [6, 6.07) is 17.2. The molecular weight excluding hydrogens is 549 g/mol. The fraction of sp³-hybridized carbons (Fsp3) is 0.182. The monoisotopic (exact) mass is 579 g/mol. The van der Waals surface area contributed by atoms with E-state index < -0.39 is 5.82 Å². The van der Waals surface area contributed by atoms with Crippen LogP contribution in [0, 0.1) is 5.82 Å². The molecule has 43 heavy (non-hydrogen) atoms. The van der Waals surface area contributed by atoms with Crippen molar-refractivity contribution in [3.63, 3.8) is 0 Å². The third kappa shape index (κ3) is 6.56. The van der Waals surface area contributed by atoms with Gasteiger partial charge in [-0.05, 0) is 23.8 Å². The zero-order valence-electron chi connectivity index (χ0n) is 23.4. The fourth-order valence-electron chi connectivity index (χ4n) is 4.83. The maximum atomic E-state index is 15.2. The van der Waals surface area contributed by atoms with Crippen LogP contribution in [0.1, 0.15) is 5.56 Å². The van der Waals surface area contributed by atoms with Gasteiger partial charge in [-0.1, -0.05) is 36.9 Å². The molecule has 6 rings (SSSR count). The highest BCUT2D eigenvalue weighted by molar-refractivity contribution is 5.85. The Morgan fingerprint density at radius 1 is 1.05 bits per heavy atom. The molecule has 0 atom stereocenters. The van der Waals surface area contributed by atoms with Crippen LogP contribution in [0.25, 0.3) is 27.7 Å². The van der Waals surface area contributed by atoms with E-state index in [-0.39, 0.29) is 11.2 Å². The van der Waals surface area contributed by atoms with Crippen LogP contribution in [-0.4, -0.2) is 59.3 Å². The number of hydrogen-bond donors (Lipinski definition) is 2. The van der Waals surface area contributed by atoms with E-state index >= 15 is 4.39 Å². The zero-order valence-corrected chi connectivity index (χ0v) is 23.4. The Hall–Kier alpha value is -5.06. The molecule has 0 amide bonds. The minimum Gasteiger partial charge on any atom is -0.476 e. The van der Waals surface area contributed by atoms with Gasteiger partial charge in [0, 0.05) is 73.5 Å². The smallest absolute Gasteiger partial charge is 0.215 e. The number of benzene rings is 2. The lowest BCUT2D eigenvalue weighted by atomic mass is 10.0. The standard InChI is InChI=1S/C33H30FN5O4/c1-22(25-19-35-20-26(33(25)40)23-5-3-2-4-6-23)38-24-7-8-31(28(34)17-24)43-30-9-10-36-29-18-32(37-21-27(29)30)42-16-13-39-11-14-41-15-12-39/h2-10,17-21,38H,1,11-16H2,(H,35,40). The quantitative estimate of drug-likeness (QED) is 0.217. The van der Waals surface area contributed by atoms with Gasteiger partial charge < -0.3 is 24.5 Å². The van der Waals surface area contributed by atoms with Gasteiger partial charge in [-0.2, -0.15) is 0 Å². The van der Waals surface area contributed by atoms with E-state index in [1.165, 1.54) is 12.1 Å². The molecular formula is C33H30FN5O4. The van der Waals surface area contributed by atoms with Crippen molar-refractivity contribution in [2.75, 3.05) is 44.8 Å². The molecule has 4 heterocycles. The molecule has 9 nitrogen and oxygen atoms in total. The Balaban J connectivity index is 1.13. The first-order valence-electron chi connectivity index (χ1n) is 13.9. The molecule has 3 aromatic heterocycles. The van der Waals surface area contributed by atoms with E-state index in [2.05, 4.69) is 31.7 Å². The lowest BCUT2D eigenvalue weighted by Crippen LogP contribution is -2.38. The number of ether oxygens (including phenoxy) is 3. The van der Waals surface area contributed by atoms with Crippen LogP contribution >= 0.6 is 0 Å². The summed E-state index contributed by atoms with van der Waals surface area (Å²) in [7, 11) is 0. The number of H-pyrrole nitrogens is 1. The minimum absolute atomic E-state index is 0.0263. The van der Waals surface area contributed by atoms with Gasteiger partial charge in [0.2, 0.25) is 5.88 Å². The Labute approximate surface area is 247 Å². The number of halogens is 1. The topological polar surface area (TPSA) is 102 Å². The summed E-state index contributed by atoms with van der Waals surface area (Å²) in [5.41, 5.74) is 2.83. The summed E-state index contributed by atoms with van der Waals surface area (Å²) in [4.78, 5) is 27.2. The molecule has 0 bridgehead atoms. The number of nitrogens with zero attached hydrogens (tertiary/aromatic N) is 3. The molecule has 218 valence electrons. The number of fused-ring (bicyclic) bond motifs is 1. The van der Waals surface area contributed by atoms with Gasteiger partial charge in [0.1, 0.15) is 12.4 Å². The number of aromatic nitrogens is 3. The van der Waals surface area contributed by atoms with E-state index in [0.717, 1.165) is 38.4 Å². The molecule has 2 aromatic carbocycles. The molecule has 5 aromatic rings. The molecule has 1 fully saturated rings. The summed E-state index contributed by atoms with van der Waals surface area (Å²) in [5.74, 6) is 0.301. The molecule has 1 aliphatic heterocycles. The van der Waals surface area contributed by atoms with Crippen molar-refractivity contribution in [2.24, 2.45) is 0 Å². The van der Waals surface area contributed by atoms with E-state index in [4.69, 9.17) is 14.2 Å². The van der Waals surface area contributed by atoms with Crippen molar-refractivity contribution >= 4 is 22.3 Å². The molecule has 1 aliphatic rings. The number of nitrogens with one attached hydrogen (secondary N) is 2. The highest BCUT2D eigenvalue weighted by atomic mass is 19.1. The van der Waals surface area contributed by atoms with Gasteiger partial charge in [0.25, 0.3) is 0 Å². The summed E-state index contributed by atoms with van der Waals surface area (Å²) in [5, 5.41) is 3.65. The Kier molecular flexibility index (Phi) is 8.39. The third-order valence-electron chi connectivity index (χ3n) is 7.12. The number of anilines is 1. The van der Waals surface area contributed by atoms with Crippen molar-refractivity contribution in [2.45, 2.75) is 0 Å². The van der Waals surface area contributed by atoms with Crippen LogP contribution in [0.5, 0.6) is 17.4 Å². The van der Waals surface area contributed by atoms with Crippen molar-refractivity contribution in [1.82, 2.24) is 19.9 Å². The highest BCUT2D eigenvalue weighted by Gasteiger charge is 2.14. The number of aromatic amines is 1. The normalized spacial score (nSPS) is 13.5. The van der Waals surface area contributed by atoms with Crippen LogP contribution in [0.2, 0.25) is 0 Å². The van der Waals surface area contributed by atoms with Crippen LogP contribution in [0.4, 0.5) is 10.1 Å². The van der Waals surface area contributed by atoms with Crippen molar-refractivity contribution < 1.29 is 18.6 Å². The molecule has 0 unspecified atom stereocenters. The summed E-state index contributed by atoms with van der Waals surface area (Å²) in [6.45, 7) is 8.54. The first-order chi connectivity index (χ1) is 21.0. The first-order valence-corrected chi connectivity index (χ1v) is 13.9. The van der Waals surface area contributed by atoms with E-state index in [1.807, 2.05) is 30.3 Å². The predicted molar refractivity (Wildman–Crippen MR) is 164 cm³/mol. The van der Waals surface area contributed by atoms with Crippen molar-refractivity contribution in [3.8, 4) is 28.5 Å². The second kappa shape index (κ2) is 12.8. The second-order valence-corrected chi connectivity index (χ2v) is 9.98. The van der Waals surface area contributed by atoms with Gasteiger partial charge in [-0.25, -0.2) is 9.37 Å². The van der Waals surface area contributed by atoms with E-state index in [9.17, 15) is 4.79 Å². The van der Waals surface area contributed by atoms with Crippen LogP contribution in [0.15, 0.2) is 96.8 Å². The molecule has 0 saturated carbocycles. The molecule has 2 N–H and O–H groups in total. The Morgan fingerprint density at radius 2 is 1.88 bits per heavy atom. The maximum absolute atomic E-state index is 15.2. The van der Waals surface area contributed by atoms with Crippen LogP contribution in [0.3, 0.4) is 0 Å². The van der Waals surface area contributed by atoms with E-state index in [1.54, 1.807) is 43.0 Å². The van der Waals surface area contributed by atoms with Gasteiger partial charge in [0.15, 0.2) is 17.0 Å². The van der Waals surface area contributed by atoms with Gasteiger partial charge in [-0.15, -0.1) is 0 Å². The average molecular weight is 580 g/mol. The van der Waals surface area contributed by atoms with Crippen molar-refractivity contribution in [3.05, 3.63) is 114 Å². The molecule has 0 radical (unpaired) electrons. The third-order valence-corrected chi connectivity index (χ3v) is 7.12. The molecule has 0 spiro atoms. The van der Waals surface area contributed by atoms with Crippen molar-refractivity contribution in [1.29, 1.82) is 0 Å². The molecule has 0 aliphatic carbocycles. The number of rotatable bonds is 10. The largest absolute Gasteiger partial charge is 0.476 e. The van der Waals surface area contributed by atoms with Gasteiger partial charge >= 0.3 is 0 Å². The number of pyridine rings is 3. The zero-order chi connectivity index (χ0) is 29.6. The van der Waals surface area contributed by atoms with Crippen LogP contribution in [-0.2, 0) is 4.74 Å². The molecule has 1 saturated heterocycles. The molecule has 10 heteroatoms. The number of hydrogen-bond acceptors (Lipinski definition) is 8. The first kappa shape index (κ1) is 28.1. The maximum Gasteiger partial charge on any atom is 0.215 e. The Morgan fingerprint density at radius 3 is 2.70 bits per heavy atom. The number of morpholine rings is 1. The SMILES string of the molecule is C=C(Nc1ccc(Oc2ccnc3cc(OCCN4CCOCC4)ncc23)c(F)c1)c1c[nH]cc(-c2ccccc2)c1=O. The predicted octanol–water partition coefficient (Wildman–Crippen LogP) is 5.71. The lowest BCUT2D eigenvalue weighted by molar-refractivity contribution is 0.0320. The lowest BCUT2D eigenvalue weighted by Gasteiger charge is -2.26. The van der Waals surface area contributed by atoms with Gasteiger partial charge in [-0.3, -0.25) is 14.7 Å². The van der Waals surface area contributed by atoms with E-state index in [0.29, 0.717) is 51.7 Å². The minimum atomic E-state index is -0.592. The second-order valence-electron chi connectivity index (χ2n) is 9.98. The highest BCUT2D eigenvalue weighted by Crippen LogP contribution is 2.32. The van der Waals surface area contributed by atoms with Gasteiger partial charge in [0.05, 0.1) is 29.7 Å².